The number of aromatic nitrogens is 1. The summed E-state index contributed by atoms with van der Waals surface area (Å²) < 4.78 is 11.4. The molecule has 2 fully saturated rings. The Morgan fingerprint density at radius 2 is 1.80 bits per heavy atom. The van der Waals surface area contributed by atoms with Gasteiger partial charge in [-0.15, -0.1) is 0 Å². The van der Waals surface area contributed by atoms with E-state index in [0.717, 1.165) is 44.6 Å². The van der Waals surface area contributed by atoms with Crippen LogP contribution in [0.4, 0.5) is 17.2 Å². The number of hydrogen-bond donors (Lipinski definition) is 4. The smallest absolute Gasteiger partial charge is 0.251 e. The van der Waals surface area contributed by atoms with E-state index in [1.54, 1.807) is 49.6 Å². The monoisotopic (exact) mass is 615 g/mol. The Morgan fingerprint density at radius 3 is 2.49 bits per heavy atom. The van der Waals surface area contributed by atoms with Crippen LogP contribution in [-0.2, 0) is 0 Å². The van der Waals surface area contributed by atoms with Gasteiger partial charge in [0.2, 0.25) is 5.91 Å². The van der Waals surface area contributed by atoms with E-state index in [9.17, 15) is 14.4 Å². The first-order valence-electron chi connectivity index (χ1n) is 15.1. The van der Waals surface area contributed by atoms with Gasteiger partial charge in [-0.1, -0.05) is 0 Å². The lowest BCUT2D eigenvalue weighted by Gasteiger charge is -2.38. The third-order valence-corrected chi connectivity index (χ3v) is 8.48. The molecule has 238 valence electrons. The molecule has 0 radical (unpaired) electrons. The predicted octanol–water partition coefficient (Wildman–Crippen LogP) is 3.15. The highest BCUT2D eigenvalue weighted by Gasteiger charge is 2.41. The maximum Gasteiger partial charge on any atom is 0.251 e. The first-order valence-corrected chi connectivity index (χ1v) is 15.1. The molecule has 12 heteroatoms. The standard InChI is InChI=1S/C33H41N7O5/c1-39(2)13-14-45-29-18-23(8-10-28(29)44-3)37-26-16-21(6-9-25(26)32(35)42)33(43)38-24-15-20-5-4-12-40(27(20)17-24)30-11-7-22(19-36-30)31(34)41/h6-11,16,18-20,24,27,37H,4-5,12-15,17H2,1-3H3,(H2,34,41)(H2,35,42)(H,38,43). The zero-order chi connectivity index (χ0) is 32.1. The molecule has 2 aliphatic rings. The second-order valence-corrected chi connectivity index (χ2v) is 11.8. The van der Waals surface area contributed by atoms with Crippen molar-refractivity contribution in [3.05, 3.63) is 71.4 Å². The molecular formula is C33H41N7O5. The molecular weight excluding hydrogens is 574 g/mol. The van der Waals surface area contributed by atoms with Crippen molar-refractivity contribution >= 4 is 34.9 Å². The molecule has 2 aromatic carbocycles. The number of ether oxygens (including phenoxy) is 2. The summed E-state index contributed by atoms with van der Waals surface area (Å²) in [6.07, 6.45) is 5.26. The van der Waals surface area contributed by atoms with E-state index in [0.29, 0.717) is 46.5 Å². The van der Waals surface area contributed by atoms with E-state index >= 15 is 0 Å². The number of anilines is 3. The maximum atomic E-state index is 13.5. The van der Waals surface area contributed by atoms with Gasteiger partial charge >= 0.3 is 0 Å². The number of carbonyl (C=O) groups is 3. The predicted molar refractivity (Wildman–Crippen MR) is 172 cm³/mol. The van der Waals surface area contributed by atoms with Crippen LogP contribution in [0, 0.1) is 5.92 Å². The Morgan fingerprint density at radius 1 is 1.00 bits per heavy atom. The molecule has 3 amide bonds. The summed E-state index contributed by atoms with van der Waals surface area (Å²) in [5, 5.41) is 6.45. The van der Waals surface area contributed by atoms with E-state index in [-0.39, 0.29) is 23.6 Å². The minimum absolute atomic E-state index is 0.0197. The number of primary amides is 2. The van der Waals surface area contributed by atoms with Crippen molar-refractivity contribution in [1.82, 2.24) is 15.2 Å². The van der Waals surface area contributed by atoms with Crippen LogP contribution in [0.2, 0.25) is 0 Å². The van der Waals surface area contributed by atoms with Crippen molar-refractivity contribution in [1.29, 1.82) is 0 Å². The fraction of sp³-hybridized carbons (Fsp3) is 0.394. The molecule has 0 spiro atoms. The molecule has 45 heavy (non-hydrogen) atoms. The molecule has 1 saturated heterocycles. The van der Waals surface area contributed by atoms with Crippen LogP contribution < -0.4 is 36.5 Å². The van der Waals surface area contributed by atoms with Crippen molar-refractivity contribution in [3.63, 3.8) is 0 Å². The first-order chi connectivity index (χ1) is 21.6. The number of likely N-dealkylation sites (N-methyl/N-ethyl adjacent to an activating group) is 1. The molecule has 1 aliphatic heterocycles. The van der Waals surface area contributed by atoms with Crippen LogP contribution in [0.5, 0.6) is 11.5 Å². The number of methoxy groups -OCH3 is 1. The van der Waals surface area contributed by atoms with Crippen molar-refractivity contribution in [2.45, 2.75) is 37.8 Å². The molecule has 1 saturated carbocycles. The zero-order valence-electron chi connectivity index (χ0n) is 25.9. The van der Waals surface area contributed by atoms with Gasteiger partial charge in [-0.25, -0.2) is 4.98 Å². The highest BCUT2D eigenvalue weighted by Crippen LogP contribution is 2.39. The highest BCUT2D eigenvalue weighted by molar-refractivity contribution is 6.02. The SMILES string of the molecule is COc1ccc(Nc2cc(C(=O)NC3CC4CCCN(c5ccc(C(N)=O)cn5)C4C3)ccc2C(N)=O)cc1OCCN(C)C. The Kier molecular flexibility index (Phi) is 9.72. The zero-order valence-corrected chi connectivity index (χ0v) is 25.9. The molecule has 1 aromatic heterocycles. The van der Waals surface area contributed by atoms with Crippen LogP contribution in [0.3, 0.4) is 0 Å². The maximum absolute atomic E-state index is 13.5. The number of fused-ring (bicyclic) bond motifs is 1. The van der Waals surface area contributed by atoms with Gasteiger partial charge in [0.15, 0.2) is 11.5 Å². The van der Waals surface area contributed by atoms with E-state index in [2.05, 4.69) is 20.5 Å². The average Bonchev–Trinajstić information content (AvgIpc) is 3.43. The lowest BCUT2D eigenvalue weighted by Crippen LogP contribution is -2.43. The van der Waals surface area contributed by atoms with Crippen molar-refractivity contribution in [2.75, 3.05) is 51.1 Å². The minimum atomic E-state index is -0.613. The van der Waals surface area contributed by atoms with E-state index < -0.39 is 11.8 Å². The van der Waals surface area contributed by atoms with E-state index in [4.69, 9.17) is 20.9 Å². The molecule has 1 aliphatic carbocycles. The molecule has 3 atom stereocenters. The van der Waals surface area contributed by atoms with Gasteiger partial charge in [-0.2, -0.15) is 0 Å². The third kappa shape index (κ3) is 7.46. The second-order valence-electron chi connectivity index (χ2n) is 11.8. The van der Waals surface area contributed by atoms with Gasteiger partial charge in [0.1, 0.15) is 12.4 Å². The summed E-state index contributed by atoms with van der Waals surface area (Å²) in [5.41, 5.74) is 13.2. The Hall–Kier alpha value is -4.84. The van der Waals surface area contributed by atoms with Gasteiger partial charge in [-0.05, 0) is 88.2 Å². The van der Waals surface area contributed by atoms with Crippen LogP contribution >= 0.6 is 0 Å². The number of rotatable bonds is 12. The molecule has 2 heterocycles. The summed E-state index contributed by atoms with van der Waals surface area (Å²) in [6, 6.07) is 13.9. The van der Waals surface area contributed by atoms with E-state index in [1.165, 1.54) is 6.20 Å². The normalized spacial score (nSPS) is 19.1. The van der Waals surface area contributed by atoms with Crippen LogP contribution in [0.1, 0.15) is 56.8 Å². The second kappa shape index (κ2) is 13.9. The van der Waals surface area contributed by atoms with Crippen molar-refractivity contribution < 1.29 is 23.9 Å². The van der Waals surface area contributed by atoms with Gasteiger partial charge < -0.3 is 41.4 Å². The van der Waals surface area contributed by atoms with Crippen molar-refractivity contribution in [2.24, 2.45) is 17.4 Å². The van der Waals surface area contributed by atoms with Gasteiger partial charge in [0.05, 0.1) is 23.9 Å². The summed E-state index contributed by atoms with van der Waals surface area (Å²) in [5.74, 6) is 1.01. The lowest BCUT2D eigenvalue weighted by molar-refractivity contribution is 0.0934. The molecule has 3 unspecified atom stereocenters. The molecule has 3 aromatic rings. The van der Waals surface area contributed by atoms with Gasteiger partial charge in [-0.3, -0.25) is 14.4 Å². The summed E-state index contributed by atoms with van der Waals surface area (Å²) in [7, 11) is 5.50. The number of amides is 3. The van der Waals surface area contributed by atoms with Gasteiger partial charge in [0, 0.05) is 48.7 Å². The quantitative estimate of drug-likeness (QED) is 0.240. The highest BCUT2D eigenvalue weighted by atomic mass is 16.5. The number of nitrogens with one attached hydrogen (secondary N) is 2. The number of benzene rings is 2. The lowest BCUT2D eigenvalue weighted by atomic mass is 9.92. The van der Waals surface area contributed by atoms with Crippen LogP contribution in [-0.4, -0.2) is 80.6 Å². The molecule has 6 N–H and O–H groups in total. The minimum Gasteiger partial charge on any atom is -0.493 e. The molecule has 12 nitrogen and oxygen atoms in total. The topological polar surface area (TPSA) is 165 Å². The largest absolute Gasteiger partial charge is 0.493 e. The summed E-state index contributed by atoms with van der Waals surface area (Å²) >= 11 is 0. The first kappa shape index (κ1) is 31.6. The fourth-order valence-electron chi connectivity index (χ4n) is 6.22. The Labute approximate surface area is 263 Å². The Bertz CT molecular complexity index is 1540. The number of nitrogens with zero attached hydrogens (tertiary/aromatic N) is 3. The van der Waals surface area contributed by atoms with Gasteiger partial charge in [0.25, 0.3) is 11.8 Å². The fourth-order valence-corrected chi connectivity index (χ4v) is 6.22. The van der Waals surface area contributed by atoms with Crippen LogP contribution in [0.15, 0.2) is 54.7 Å². The molecule has 5 rings (SSSR count). The van der Waals surface area contributed by atoms with E-state index in [1.807, 2.05) is 25.1 Å². The summed E-state index contributed by atoms with van der Waals surface area (Å²) in [6.45, 7) is 2.06. The van der Waals surface area contributed by atoms with Crippen molar-refractivity contribution in [3.8, 4) is 11.5 Å². The Balaban J connectivity index is 1.29. The number of piperidine rings is 1. The number of carbonyl (C=O) groups excluding carboxylic acids is 3. The third-order valence-electron chi connectivity index (χ3n) is 8.48. The molecule has 0 bridgehead atoms. The number of pyridine rings is 1. The summed E-state index contributed by atoms with van der Waals surface area (Å²) in [4.78, 5) is 46.1. The number of nitrogens with two attached hydrogens (primary N) is 2. The average molecular weight is 616 g/mol. The number of hydrogen-bond acceptors (Lipinski definition) is 9. The van der Waals surface area contributed by atoms with Crippen LogP contribution in [0.25, 0.3) is 0 Å².